The summed E-state index contributed by atoms with van der Waals surface area (Å²) in [7, 11) is 0. The quantitative estimate of drug-likeness (QED) is 0.618. The smallest absolute Gasteiger partial charge is 0.0575 e. The standard InChI is InChI=1S/C15H31NO/c1-3-5-6-9-14(16-4-2)11-12-15-10-7-8-13-17-15/h14-16H,3-13H2,1-2H3. The highest BCUT2D eigenvalue weighted by atomic mass is 16.5. The lowest BCUT2D eigenvalue weighted by Gasteiger charge is -2.25. The molecule has 2 heteroatoms. The number of unbranched alkanes of at least 4 members (excludes halogenated alkanes) is 2. The van der Waals surface area contributed by atoms with Gasteiger partial charge in [-0.1, -0.05) is 33.1 Å². The van der Waals surface area contributed by atoms with Crippen molar-refractivity contribution in [1.29, 1.82) is 0 Å². The second-order valence-corrected chi connectivity index (χ2v) is 5.32. The molecule has 1 saturated heterocycles. The zero-order valence-electron chi connectivity index (χ0n) is 11.8. The number of hydrogen-bond acceptors (Lipinski definition) is 2. The topological polar surface area (TPSA) is 21.3 Å². The summed E-state index contributed by atoms with van der Waals surface area (Å²) in [5, 5.41) is 3.63. The van der Waals surface area contributed by atoms with Crippen LogP contribution in [0.4, 0.5) is 0 Å². The van der Waals surface area contributed by atoms with Crippen LogP contribution in [0.1, 0.15) is 71.6 Å². The molecule has 1 heterocycles. The van der Waals surface area contributed by atoms with E-state index >= 15 is 0 Å². The van der Waals surface area contributed by atoms with Crippen LogP contribution < -0.4 is 5.32 Å². The third-order valence-electron chi connectivity index (χ3n) is 3.76. The Kier molecular flexibility index (Phi) is 8.72. The van der Waals surface area contributed by atoms with Gasteiger partial charge < -0.3 is 10.1 Å². The van der Waals surface area contributed by atoms with Crippen molar-refractivity contribution in [3.05, 3.63) is 0 Å². The van der Waals surface area contributed by atoms with Gasteiger partial charge in [0.25, 0.3) is 0 Å². The van der Waals surface area contributed by atoms with Crippen molar-refractivity contribution in [3.63, 3.8) is 0 Å². The molecule has 0 aromatic heterocycles. The molecule has 1 aliphatic rings. The average Bonchev–Trinajstić information content (AvgIpc) is 2.37. The second-order valence-electron chi connectivity index (χ2n) is 5.32. The molecule has 2 unspecified atom stereocenters. The fourth-order valence-corrected chi connectivity index (χ4v) is 2.70. The van der Waals surface area contributed by atoms with Crippen molar-refractivity contribution in [2.24, 2.45) is 0 Å². The Hall–Kier alpha value is -0.0800. The molecule has 0 amide bonds. The summed E-state index contributed by atoms with van der Waals surface area (Å²) >= 11 is 0. The Bertz CT molecular complexity index is 166. The van der Waals surface area contributed by atoms with Gasteiger partial charge in [-0.25, -0.2) is 0 Å². The van der Waals surface area contributed by atoms with Crippen molar-refractivity contribution in [1.82, 2.24) is 5.32 Å². The van der Waals surface area contributed by atoms with Crippen LogP contribution >= 0.6 is 0 Å². The minimum Gasteiger partial charge on any atom is -0.378 e. The zero-order valence-corrected chi connectivity index (χ0v) is 11.8. The van der Waals surface area contributed by atoms with E-state index in [1.54, 1.807) is 0 Å². The molecular formula is C15H31NO. The van der Waals surface area contributed by atoms with Gasteiger partial charge in [0, 0.05) is 12.6 Å². The van der Waals surface area contributed by atoms with E-state index in [-0.39, 0.29) is 0 Å². The van der Waals surface area contributed by atoms with Crippen molar-refractivity contribution >= 4 is 0 Å². The molecule has 0 aromatic carbocycles. The summed E-state index contributed by atoms with van der Waals surface area (Å²) in [6.45, 7) is 6.58. The largest absolute Gasteiger partial charge is 0.378 e. The molecule has 17 heavy (non-hydrogen) atoms. The molecule has 1 fully saturated rings. The molecule has 0 bridgehead atoms. The predicted molar refractivity (Wildman–Crippen MR) is 74.4 cm³/mol. The lowest BCUT2D eigenvalue weighted by Crippen LogP contribution is -2.31. The molecule has 0 spiro atoms. The van der Waals surface area contributed by atoms with Crippen LogP contribution in [0.25, 0.3) is 0 Å². The van der Waals surface area contributed by atoms with Gasteiger partial charge in [-0.15, -0.1) is 0 Å². The molecule has 1 rings (SSSR count). The fraction of sp³-hybridized carbons (Fsp3) is 1.00. The molecule has 0 radical (unpaired) electrons. The SMILES string of the molecule is CCCCCC(CCC1CCCCO1)NCC. The monoisotopic (exact) mass is 241 g/mol. The molecule has 0 aromatic rings. The maximum atomic E-state index is 5.80. The van der Waals surface area contributed by atoms with Crippen molar-refractivity contribution in [2.75, 3.05) is 13.2 Å². The third kappa shape index (κ3) is 7.05. The Morgan fingerprint density at radius 2 is 2.06 bits per heavy atom. The maximum absolute atomic E-state index is 5.80. The zero-order chi connectivity index (χ0) is 12.3. The van der Waals surface area contributed by atoms with Crippen LogP contribution in [-0.4, -0.2) is 25.3 Å². The van der Waals surface area contributed by atoms with E-state index in [0.717, 1.165) is 19.2 Å². The summed E-state index contributed by atoms with van der Waals surface area (Å²) in [5.74, 6) is 0. The molecule has 0 saturated carbocycles. The summed E-state index contributed by atoms with van der Waals surface area (Å²) in [6.07, 6.45) is 12.4. The van der Waals surface area contributed by atoms with Gasteiger partial charge in [0.1, 0.15) is 0 Å². The summed E-state index contributed by atoms with van der Waals surface area (Å²) < 4.78 is 5.80. The van der Waals surface area contributed by atoms with Gasteiger partial charge in [-0.3, -0.25) is 0 Å². The Morgan fingerprint density at radius 3 is 2.71 bits per heavy atom. The minimum absolute atomic E-state index is 0.552. The highest BCUT2D eigenvalue weighted by Gasteiger charge is 2.16. The second kappa shape index (κ2) is 9.90. The lowest BCUT2D eigenvalue weighted by atomic mass is 9.98. The van der Waals surface area contributed by atoms with Gasteiger partial charge >= 0.3 is 0 Å². The first-order chi connectivity index (χ1) is 8.36. The van der Waals surface area contributed by atoms with E-state index in [1.165, 1.54) is 57.8 Å². The molecule has 1 N–H and O–H groups in total. The van der Waals surface area contributed by atoms with Gasteiger partial charge in [0.15, 0.2) is 0 Å². The number of nitrogens with one attached hydrogen (secondary N) is 1. The molecule has 0 aliphatic carbocycles. The van der Waals surface area contributed by atoms with Gasteiger partial charge in [0.05, 0.1) is 6.10 Å². The van der Waals surface area contributed by atoms with Crippen molar-refractivity contribution in [3.8, 4) is 0 Å². The number of rotatable bonds is 9. The summed E-state index contributed by atoms with van der Waals surface area (Å²) in [6, 6.07) is 0.720. The first-order valence-electron chi connectivity index (χ1n) is 7.71. The molecule has 1 aliphatic heterocycles. The van der Waals surface area contributed by atoms with Crippen molar-refractivity contribution in [2.45, 2.75) is 83.8 Å². The van der Waals surface area contributed by atoms with E-state index in [1.807, 2.05) is 0 Å². The van der Waals surface area contributed by atoms with Crippen LogP contribution in [0.3, 0.4) is 0 Å². The number of hydrogen-bond donors (Lipinski definition) is 1. The molecular weight excluding hydrogens is 210 g/mol. The maximum Gasteiger partial charge on any atom is 0.0575 e. The Balaban J connectivity index is 2.13. The number of ether oxygens (including phenoxy) is 1. The van der Waals surface area contributed by atoms with Crippen LogP contribution in [0.2, 0.25) is 0 Å². The van der Waals surface area contributed by atoms with E-state index in [0.29, 0.717) is 6.10 Å². The lowest BCUT2D eigenvalue weighted by molar-refractivity contribution is 0.00843. The van der Waals surface area contributed by atoms with Crippen LogP contribution in [0.15, 0.2) is 0 Å². The predicted octanol–water partition coefficient (Wildman–Crippen LogP) is 3.89. The van der Waals surface area contributed by atoms with Crippen LogP contribution in [0.5, 0.6) is 0 Å². The van der Waals surface area contributed by atoms with E-state index in [4.69, 9.17) is 4.74 Å². The first-order valence-corrected chi connectivity index (χ1v) is 7.71. The normalized spacial score (nSPS) is 22.6. The van der Waals surface area contributed by atoms with Crippen LogP contribution in [0, 0.1) is 0 Å². The Labute approximate surface area is 108 Å². The summed E-state index contributed by atoms with van der Waals surface area (Å²) in [4.78, 5) is 0. The van der Waals surface area contributed by atoms with Crippen LogP contribution in [-0.2, 0) is 4.74 Å². The Morgan fingerprint density at radius 1 is 1.18 bits per heavy atom. The van der Waals surface area contributed by atoms with Gasteiger partial charge in [-0.05, 0) is 45.1 Å². The van der Waals surface area contributed by atoms with E-state index in [9.17, 15) is 0 Å². The summed E-state index contributed by atoms with van der Waals surface area (Å²) in [5.41, 5.74) is 0. The molecule has 2 atom stereocenters. The van der Waals surface area contributed by atoms with E-state index < -0.39 is 0 Å². The van der Waals surface area contributed by atoms with E-state index in [2.05, 4.69) is 19.2 Å². The molecule has 102 valence electrons. The minimum atomic E-state index is 0.552. The molecule has 2 nitrogen and oxygen atoms in total. The first kappa shape index (κ1) is 15.0. The highest BCUT2D eigenvalue weighted by molar-refractivity contribution is 4.71. The van der Waals surface area contributed by atoms with Gasteiger partial charge in [-0.2, -0.15) is 0 Å². The fourth-order valence-electron chi connectivity index (χ4n) is 2.70. The van der Waals surface area contributed by atoms with Crippen molar-refractivity contribution < 1.29 is 4.74 Å². The van der Waals surface area contributed by atoms with Gasteiger partial charge in [0.2, 0.25) is 0 Å². The average molecular weight is 241 g/mol. The third-order valence-corrected chi connectivity index (χ3v) is 3.76. The highest BCUT2D eigenvalue weighted by Crippen LogP contribution is 2.19.